The largest absolute Gasteiger partial charge is 0.319 e. The maximum absolute atomic E-state index is 6.42. The first-order valence-electron chi connectivity index (χ1n) is 5.68. The molecule has 0 saturated heterocycles. The van der Waals surface area contributed by atoms with Crippen molar-refractivity contribution in [3.05, 3.63) is 26.3 Å². The lowest BCUT2D eigenvalue weighted by atomic mass is 10.0. The van der Waals surface area contributed by atoms with Crippen LogP contribution >= 0.6 is 38.6 Å². The van der Waals surface area contributed by atoms with Crippen LogP contribution in [-0.4, -0.2) is 4.98 Å². The second-order valence-electron chi connectivity index (χ2n) is 4.50. The molecule has 2 aromatic heterocycles. The standard InChI is InChI=1S/C12H13BrN2S2/c13-10-4-3-9(17-10)8-7-16-11(15-8)12(14)5-1-2-6-12/h3-4,7H,1-2,5-6,14H2. The Balaban J connectivity index is 1.92. The van der Waals surface area contributed by atoms with E-state index in [1.807, 2.05) is 0 Å². The van der Waals surface area contributed by atoms with Gasteiger partial charge in [0.2, 0.25) is 0 Å². The Kier molecular flexibility index (Phi) is 3.11. The van der Waals surface area contributed by atoms with Crippen LogP contribution in [0.25, 0.3) is 10.6 Å². The molecule has 0 radical (unpaired) electrons. The number of thiazole rings is 1. The monoisotopic (exact) mass is 328 g/mol. The SMILES string of the molecule is NC1(c2nc(-c3ccc(Br)s3)cs2)CCCC1. The maximum Gasteiger partial charge on any atom is 0.113 e. The van der Waals surface area contributed by atoms with Gasteiger partial charge in [0.25, 0.3) is 0 Å². The lowest BCUT2D eigenvalue weighted by Gasteiger charge is -2.19. The van der Waals surface area contributed by atoms with E-state index in [9.17, 15) is 0 Å². The van der Waals surface area contributed by atoms with E-state index < -0.39 is 0 Å². The molecule has 0 bridgehead atoms. The van der Waals surface area contributed by atoms with Gasteiger partial charge in [0.1, 0.15) is 5.01 Å². The van der Waals surface area contributed by atoms with Crippen LogP contribution in [0.15, 0.2) is 21.3 Å². The summed E-state index contributed by atoms with van der Waals surface area (Å²) in [6, 6.07) is 4.16. The number of rotatable bonds is 2. The number of nitrogens with zero attached hydrogens (tertiary/aromatic N) is 1. The van der Waals surface area contributed by atoms with Gasteiger partial charge in [0.05, 0.1) is 19.9 Å². The van der Waals surface area contributed by atoms with Crippen LogP contribution in [-0.2, 0) is 5.54 Å². The molecule has 0 aliphatic heterocycles. The highest BCUT2D eigenvalue weighted by atomic mass is 79.9. The first-order chi connectivity index (χ1) is 8.17. The molecule has 0 atom stereocenters. The van der Waals surface area contributed by atoms with Crippen molar-refractivity contribution in [3.63, 3.8) is 0 Å². The molecule has 3 rings (SSSR count). The highest BCUT2D eigenvalue weighted by Gasteiger charge is 2.34. The third kappa shape index (κ3) is 2.21. The van der Waals surface area contributed by atoms with Crippen LogP contribution in [0, 0.1) is 0 Å². The summed E-state index contributed by atoms with van der Waals surface area (Å²) in [5.41, 5.74) is 7.33. The fourth-order valence-corrected chi connectivity index (χ4v) is 4.70. The molecule has 0 amide bonds. The van der Waals surface area contributed by atoms with Crippen molar-refractivity contribution in [1.29, 1.82) is 0 Å². The summed E-state index contributed by atoms with van der Waals surface area (Å²) in [6.07, 6.45) is 4.62. The summed E-state index contributed by atoms with van der Waals surface area (Å²) in [7, 11) is 0. The Morgan fingerprint density at radius 1 is 1.29 bits per heavy atom. The van der Waals surface area contributed by atoms with Crippen LogP contribution in [0.4, 0.5) is 0 Å². The highest BCUT2D eigenvalue weighted by Crippen LogP contribution is 2.40. The molecule has 5 heteroatoms. The molecular formula is C12H13BrN2S2. The predicted molar refractivity (Wildman–Crippen MR) is 77.5 cm³/mol. The molecule has 2 aromatic rings. The Bertz CT molecular complexity index is 526. The third-order valence-electron chi connectivity index (χ3n) is 3.25. The number of thiophene rings is 1. The lowest BCUT2D eigenvalue weighted by Crippen LogP contribution is -2.32. The fraction of sp³-hybridized carbons (Fsp3) is 0.417. The van der Waals surface area contributed by atoms with Crippen molar-refractivity contribution in [2.24, 2.45) is 5.73 Å². The van der Waals surface area contributed by atoms with Gasteiger partial charge < -0.3 is 5.73 Å². The van der Waals surface area contributed by atoms with E-state index in [0.29, 0.717) is 0 Å². The number of halogens is 1. The molecule has 17 heavy (non-hydrogen) atoms. The van der Waals surface area contributed by atoms with Crippen molar-refractivity contribution < 1.29 is 0 Å². The van der Waals surface area contributed by atoms with Crippen molar-refractivity contribution in [1.82, 2.24) is 4.98 Å². The Morgan fingerprint density at radius 3 is 2.71 bits per heavy atom. The van der Waals surface area contributed by atoms with Gasteiger partial charge in [-0.2, -0.15) is 0 Å². The Hall–Kier alpha value is -0.230. The van der Waals surface area contributed by atoms with Gasteiger partial charge in [0, 0.05) is 5.38 Å². The van der Waals surface area contributed by atoms with Crippen molar-refractivity contribution in [3.8, 4) is 10.6 Å². The van der Waals surface area contributed by atoms with Crippen molar-refractivity contribution in [2.75, 3.05) is 0 Å². The molecule has 1 aliphatic rings. The van der Waals surface area contributed by atoms with Gasteiger partial charge in [-0.3, -0.25) is 0 Å². The van der Waals surface area contributed by atoms with E-state index in [2.05, 4.69) is 33.4 Å². The zero-order valence-corrected chi connectivity index (χ0v) is 12.5. The van der Waals surface area contributed by atoms with E-state index >= 15 is 0 Å². The average molecular weight is 329 g/mol. The summed E-state index contributed by atoms with van der Waals surface area (Å²) in [5, 5.41) is 3.23. The first kappa shape index (κ1) is 11.8. The maximum atomic E-state index is 6.42. The summed E-state index contributed by atoms with van der Waals surface area (Å²) in [6.45, 7) is 0. The second-order valence-corrected chi connectivity index (χ2v) is 7.83. The number of hydrogen-bond donors (Lipinski definition) is 1. The zero-order valence-electron chi connectivity index (χ0n) is 9.28. The van der Waals surface area contributed by atoms with Crippen molar-refractivity contribution in [2.45, 2.75) is 31.2 Å². The molecular weight excluding hydrogens is 316 g/mol. The highest BCUT2D eigenvalue weighted by molar-refractivity contribution is 9.11. The van der Waals surface area contributed by atoms with Gasteiger partial charge in [0.15, 0.2) is 0 Å². The molecule has 1 aliphatic carbocycles. The van der Waals surface area contributed by atoms with Gasteiger partial charge in [-0.05, 0) is 40.9 Å². The summed E-state index contributed by atoms with van der Waals surface area (Å²) < 4.78 is 1.14. The minimum atomic E-state index is -0.155. The van der Waals surface area contributed by atoms with Crippen molar-refractivity contribution >= 4 is 38.6 Å². The molecule has 2 heterocycles. The van der Waals surface area contributed by atoms with Gasteiger partial charge >= 0.3 is 0 Å². The van der Waals surface area contributed by atoms with E-state index in [4.69, 9.17) is 10.7 Å². The molecule has 1 saturated carbocycles. The van der Waals surface area contributed by atoms with Crippen LogP contribution < -0.4 is 5.73 Å². The van der Waals surface area contributed by atoms with Crippen LogP contribution in [0.3, 0.4) is 0 Å². The lowest BCUT2D eigenvalue weighted by molar-refractivity contribution is 0.459. The zero-order chi connectivity index (χ0) is 11.9. The molecule has 2 N–H and O–H groups in total. The van der Waals surface area contributed by atoms with Crippen LogP contribution in [0.5, 0.6) is 0 Å². The average Bonchev–Trinajstić information content (AvgIpc) is 2.96. The third-order valence-corrected chi connectivity index (χ3v) is 5.96. The molecule has 2 nitrogen and oxygen atoms in total. The molecule has 0 spiro atoms. The smallest absolute Gasteiger partial charge is 0.113 e. The van der Waals surface area contributed by atoms with Gasteiger partial charge in [-0.15, -0.1) is 22.7 Å². The van der Waals surface area contributed by atoms with Crippen LogP contribution in [0.2, 0.25) is 0 Å². The normalized spacial score (nSPS) is 18.7. The Labute approximate surface area is 117 Å². The number of nitrogens with two attached hydrogens (primary N) is 1. The molecule has 0 unspecified atom stereocenters. The van der Waals surface area contributed by atoms with E-state index in [-0.39, 0.29) is 5.54 Å². The Morgan fingerprint density at radius 2 is 2.06 bits per heavy atom. The quantitative estimate of drug-likeness (QED) is 0.889. The number of aromatic nitrogens is 1. The predicted octanol–water partition coefficient (Wildman–Crippen LogP) is 4.36. The van der Waals surface area contributed by atoms with E-state index in [0.717, 1.165) is 27.3 Å². The number of hydrogen-bond acceptors (Lipinski definition) is 4. The molecule has 0 aromatic carbocycles. The summed E-state index contributed by atoms with van der Waals surface area (Å²) in [4.78, 5) is 5.94. The summed E-state index contributed by atoms with van der Waals surface area (Å²) >= 11 is 6.90. The molecule has 1 fully saturated rings. The second kappa shape index (κ2) is 4.46. The minimum Gasteiger partial charge on any atom is -0.319 e. The minimum absolute atomic E-state index is 0.155. The topological polar surface area (TPSA) is 38.9 Å². The summed E-state index contributed by atoms with van der Waals surface area (Å²) in [5.74, 6) is 0. The molecule has 90 valence electrons. The fourth-order valence-electron chi connectivity index (χ4n) is 2.29. The van der Waals surface area contributed by atoms with Crippen LogP contribution in [0.1, 0.15) is 30.7 Å². The van der Waals surface area contributed by atoms with Gasteiger partial charge in [-0.1, -0.05) is 12.8 Å². The van der Waals surface area contributed by atoms with Gasteiger partial charge in [-0.25, -0.2) is 4.98 Å². The van der Waals surface area contributed by atoms with E-state index in [1.165, 1.54) is 17.7 Å². The van der Waals surface area contributed by atoms with E-state index in [1.54, 1.807) is 22.7 Å². The first-order valence-corrected chi connectivity index (χ1v) is 8.17.